The van der Waals surface area contributed by atoms with Crippen LogP contribution in [0.15, 0.2) is 65.6 Å². The molecule has 0 radical (unpaired) electrons. The van der Waals surface area contributed by atoms with E-state index in [0.717, 1.165) is 12.1 Å². The van der Waals surface area contributed by atoms with Gasteiger partial charge in [-0.2, -0.15) is 0 Å². The number of carbonyl (C=O) groups is 1. The Labute approximate surface area is 166 Å². The SMILES string of the molecule is COc1ccc(F)cc1S(=O)(=O)Nc1ccc2c(c1)C(=O)Nc1ccccc1O2. The Morgan fingerprint density at radius 2 is 1.83 bits per heavy atom. The maximum atomic E-state index is 13.6. The Kier molecular flexibility index (Phi) is 4.59. The van der Waals surface area contributed by atoms with Gasteiger partial charge in [0.25, 0.3) is 15.9 Å². The maximum Gasteiger partial charge on any atom is 0.265 e. The van der Waals surface area contributed by atoms with Gasteiger partial charge in [0.1, 0.15) is 22.2 Å². The molecule has 29 heavy (non-hydrogen) atoms. The Morgan fingerprint density at radius 3 is 2.62 bits per heavy atom. The number of rotatable bonds is 4. The molecule has 4 rings (SSSR count). The molecule has 1 amide bonds. The van der Waals surface area contributed by atoms with Crippen LogP contribution in [0.2, 0.25) is 0 Å². The number of halogens is 1. The number of benzene rings is 3. The molecular formula is C20H15FN2O5S. The van der Waals surface area contributed by atoms with E-state index in [1.54, 1.807) is 24.3 Å². The first-order chi connectivity index (χ1) is 13.9. The largest absolute Gasteiger partial charge is 0.495 e. The molecule has 0 aromatic heterocycles. The molecule has 1 heterocycles. The van der Waals surface area contributed by atoms with Crippen LogP contribution in [-0.2, 0) is 10.0 Å². The molecule has 1 aliphatic heterocycles. The average molecular weight is 414 g/mol. The summed E-state index contributed by atoms with van der Waals surface area (Å²) in [6, 6.07) is 14.4. The van der Waals surface area contributed by atoms with Crippen molar-refractivity contribution in [3.05, 3.63) is 72.0 Å². The van der Waals surface area contributed by atoms with E-state index in [4.69, 9.17) is 9.47 Å². The minimum atomic E-state index is -4.17. The van der Waals surface area contributed by atoms with Crippen molar-refractivity contribution in [2.75, 3.05) is 17.1 Å². The third-order valence-corrected chi connectivity index (χ3v) is 5.65. The number of carbonyl (C=O) groups excluding carboxylic acids is 1. The molecule has 0 saturated carbocycles. The van der Waals surface area contributed by atoms with Crippen molar-refractivity contribution >= 4 is 27.3 Å². The number of ether oxygens (including phenoxy) is 2. The fourth-order valence-electron chi connectivity index (χ4n) is 2.90. The van der Waals surface area contributed by atoms with Crippen LogP contribution < -0.4 is 19.5 Å². The van der Waals surface area contributed by atoms with Gasteiger partial charge in [0.2, 0.25) is 0 Å². The Hall–Kier alpha value is -3.59. The highest BCUT2D eigenvalue weighted by atomic mass is 32.2. The molecule has 0 atom stereocenters. The van der Waals surface area contributed by atoms with Crippen molar-refractivity contribution in [3.63, 3.8) is 0 Å². The minimum absolute atomic E-state index is 0.00909. The van der Waals surface area contributed by atoms with Crippen LogP contribution in [0.3, 0.4) is 0 Å². The van der Waals surface area contributed by atoms with Gasteiger partial charge in [-0.05, 0) is 48.5 Å². The van der Waals surface area contributed by atoms with Gasteiger partial charge in [-0.1, -0.05) is 12.1 Å². The summed E-state index contributed by atoms with van der Waals surface area (Å²) in [7, 11) is -2.89. The molecule has 0 spiro atoms. The molecular weight excluding hydrogens is 399 g/mol. The molecule has 0 aliphatic carbocycles. The van der Waals surface area contributed by atoms with Crippen LogP contribution in [0.5, 0.6) is 17.2 Å². The van der Waals surface area contributed by atoms with Crippen LogP contribution >= 0.6 is 0 Å². The van der Waals surface area contributed by atoms with Crippen LogP contribution in [0.1, 0.15) is 10.4 Å². The van der Waals surface area contributed by atoms with E-state index in [0.29, 0.717) is 11.4 Å². The lowest BCUT2D eigenvalue weighted by atomic mass is 10.1. The summed E-state index contributed by atoms with van der Waals surface area (Å²) in [6.07, 6.45) is 0. The Bertz CT molecular complexity index is 1230. The summed E-state index contributed by atoms with van der Waals surface area (Å²) in [6.45, 7) is 0. The summed E-state index contributed by atoms with van der Waals surface area (Å²) >= 11 is 0. The van der Waals surface area contributed by atoms with Gasteiger partial charge in [0, 0.05) is 5.69 Å². The lowest BCUT2D eigenvalue weighted by Gasteiger charge is -2.13. The maximum absolute atomic E-state index is 13.6. The van der Waals surface area contributed by atoms with Crippen molar-refractivity contribution in [3.8, 4) is 17.2 Å². The van der Waals surface area contributed by atoms with E-state index in [1.807, 2.05) is 0 Å². The van der Waals surface area contributed by atoms with E-state index in [2.05, 4.69) is 10.0 Å². The number of methoxy groups -OCH3 is 1. The van der Waals surface area contributed by atoms with E-state index < -0.39 is 21.7 Å². The van der Waals surface area contributed by atoms with Crippen molar-refractivity contribution in [1.29, 1.82) is 0 Å². The predicted octanol–water partition coefficient (Wildman–Crippen LogP) is 3.99. The molecule has 3 aromatic rings. The van der Waals surface area contributed by atoms with E-state index in [9.17, 15) is 17.6 Å². The summed E-state index contributed by atoms with van der Waals surface area (Å²) in [5.41, 5.74) is 0.757. The summed E-state index contributed by atoms with van der Waals surface area (Å²) in [5, 5.41) is 2.72. The smallest absolute Gasteiger partial charge is 0.265 e. The Morgan fingerprint density at radius 1 is 1.03 bits per heavy atom. The van der Waals surface area contributed by atoms with Gasteiger partial charge in [0.15, 0.2) is 5.75 Å². The lowest BCUT2D eigenvalue weighted by molar-refractivity contribution is 0.102. The summed E-state index contributed by atoms with van der Waals surface area (Å²) in [5.74, 6) is -0.436. The van der Waals surface area contributed by atoms with Gasteiger partial charge < -0.3 is 14.8 Å². The molecule has 1 aliphatic rings. The zero-order valence-corrected chi connectivity index (χ0v) is 15.9. The number of anilines is 2. The first kappa shape index (κ1) is 18.8. The van der Waals surface area contributed by atoms with E-state index in [1.165, 1.54) is 31.4 Å². The number of hydrogen-bond donors (Lipinski definition) is 2. The quantitative estimate of drug-likeness (QED) is 0.673. The minimum Gasteiger partial charge on any atom is -0.495 e. The monoisotopic (exact) mass is 414 g/mol. The molecule has 3 aromatic carbocycles. The zero-order chi connectivity index (χ0) is 20.6. The number of para-hydroxylation sites is 2. The highest BCUT2D eigenvalue weighted by Crippen LogP contribution is 2.37. The highest BCUT2D eigenvalue weighted by Gasteiger charge is 2.24. The van der Waals surface area contributed by atoms with E-state index in [-0.39, 0.29) is 27.6 Å². The fourth-order valence-corrected chi connectivity index (χ4v) is 4.13. The molecule has 9 heteroatoms. The second-order valence-electron chi connectivity index (χ2n) is 6.16. The first-order valence-corrected chi connectivity index (χ1v) is 9.94. The van der Waals surface area contributed by atoms with Crippen molar-refractivity contribution in [1.82, 2.24) is 0 Å². The first-order valence-electron chi connectivity index (χ1n) is 8.46. The average Bonchev–Trinajstić information content (AvgIpc) is 2.83. The molecule has 2 N–H and O–H groups in total. The second kappa shape index (κ2) is 7.10. The van der Waals surface area contributed by atoms with Gasteiger partial charge in [-0.15, -0.1) is 0 Å². The van der Waals surface area contributed by atoms with Crippen LogP contribution in [-0.4, -0.2) is 21.4 Å². The number of fused-ring (bicyclic) bond motifs is 2. The van der Waals surface area contributed by atoms with E-state index >= 15 is 0 Å². The third-order valence-electron chi connectivity index (χ3n) is 4.25. The van der Waals surface area contributed by atoms with Gasteiger partial charge in [-0.3, -0.25) is 9.52 Å². The second-order valence-corrected chi connectivity index (χ2v) is 7.81. The topological polar surface area (TPSA) is 93.7 Å². The van der Waals surface area contributed by atoms with Gasteiger partial charge >= 0.3 is 0 Å². The molecule has 0 saturated heterocycles. The third kappa shape index (κ3) is 3.59. The van der Waals surface area contributed by atoms with Crippen LogP contribution in [0.25, 0.3) is 0 Å². The number of hydrogen-bond acceptors (Lipinski definition) is 5. The number of nitrogens with one attached hydrogen (secondary N) is 2. The molecule has 0 fully saturated rings. The lowest BCUT2D eigenvalue weighted by Crippen LogP contribution is -2.16. The Balaban J connectivity index is 1.69. The fraction of sp³-hybridized carbons (Fsp3) is 0.0500. The number of amides is 1. The van der Waals surface area contributed by atoms with Crippen LogP contribution in [0, 0.1) is 5.82 Å². The number of sulfonamides is 1. The molecule has 0 unspecified atom stereocenters. The predicted molar refractivity (Wildman–Crippen MR) is 105 cm³/mol. The molecule has 148 valence electrons. The molecule has 0 bridgehead atoms. The molecule has 7 nitrogen and oxygen atoms in total. The normalized spacial score (nSPS) is 12.7. The summed E-state index contributed by atoms with van der Waals surface area (Å²) < 4.78 is 52.2. The highest BCUT2D eigenvalue weighted by molar-refractivity contribution is 7.92. The standard InChI is InChI=1S/C20H15FN2O5S/c1-27-18-8-6-12(21)10-19(18)29(25,26)23-13-7-9-16-14(11-13)20(24)22-15-4-2-3-5-17(15)28-16/h2-11,23H,1H3,(H,22,24). The van der Waals surface area contributed by atoms with Gasteiger partial charge in [0.05, 0.1) is 18.4 Å². The van der Waals surface area contributed by atoms with Crippen molar-refractivity contribution in [2.24, 2.45) is 0 Å². The zero-order valence-electron chi connectivity index (χ0n) is 15.1. The van der Waals surface area contributed by atoms with Crippen molar-refractivity contribution < 1.29 is 27.1 Å². The van der Waals surface area contributed by atoms with Crippen molar-refractivity contribution in [2.45, 2.75) is 4.90 Å². The van der Waals surface area contributed by atoms with Crippen LogP contribution in [0.4, 0.5) is 15.8 Å². The summed E-state index contributed by atoms with van der Waals surface area (Å²) in [4.78, 5) is 12.2. The van der Waals surface area contributed by atoms with Gasteiger partial charge in [-0.25, -0.2) is 12.8 Å².